The Kier molecular flexibility index (Phi) is 3.66. The Morgan fingerprint density at radius 2 is 1.89 bits per heavy atom. The first-order valence-corrected chi connectivity index (χ1v) is 5.92. The molecule has 0 atom stereocenters. The number of pyridine rings is 1. The molecule has 2 aromatic rings. The van der Waals surface area contributed by atoms with Crippen molar-refractivity contribution in [1.29, 1.82) is 0 Å². The minimum absolute atomic E-state index is 0.152. The Hall–Kier alpha value is -1.76. The average molecular weight is 333 g/mol. The number of ether oxygens (including phenoxy) is 1. The van der Waals surface area contributed by atoms with Gasteiger partial charge in [0.15, 0.2) is 0 Å². The molecule has 1 aromatic carbocycles. The Labute approximate surface area is 115 Å². The first-order chi connectivity index (χ1) is 8.86. The summed E-state index contributed by atoms with van der Waals surface area (Å²) in [5.74, 6) is 0.146. The summed E-state index contributed by atoms with van der Waals surface area (Å²) >= 11 is 3.22. The van der Waals surface area contributed by atoms with Crippen LogP contribution in [0.15, 0.2) is 41.0 Å². The molecule has 0 spiro atoms. The van der Waals surface area contributed by atoms with Crippen molar-refractivity contribution in [1.82, 2.24) is 4.98 Å². The number of alkyl halides is 3. The van der Waals surface area contributed by atoms with Gasteiger partial charge in [0.05, 0.1) is 10.0 Å². The summed E-state index contributed by atoms with van der Waals surface area (Å²) in [4.78, 5) is 3.74. The number of hydrogen-bond acceptors (Lipinski definition) is 3. The number of aromatic nitrogens is 1. The average Bonchev–Trinajstić information content (AvgIpc) is 2.33. The Balaban J connectivity index is 2.31. The molecule has 19 heavy (non-hydrogen) atoms. The number of nitrogens with two attached hydrogens (primary N) is 1. The summed E-state index contributed by atoms with van der Waals surface area (Å²) in [6.45, 7) is 0. The predicted octanol–water partition coefficient (Wildman–Crippen LogP) is 4.24. The largest absolute Gasteiger partial charge is 0.438 e. The van der Waals surface area contributed by atoms with Crippen LogP contribution in [0.1, 0.15) is 5.56 Å². The van der Waals surface area contributed by atoms with Gasteiger partial charge in [0.25, 0.3) is 0 Å². The van der Waals surface area contributed by atoms with Gasteiger partial charge in [-0.3, -0.25) is 0 Å². The molecule has 0 aliphatic heterocycles. The van der Waals surface area contributed by atoms with Crippen molar-refractivity contribution in [2.75, 3.05) is 5.73 Å². The molecule has 0 saturated carbocycles. The molecule has 1 aromatic heterocycles. The van der Waals surface area contributed by atoms with Crippen LogP contribution in [-0.2, 0) is 6.18 Å². The number of rotatable bonds is 2. The zero-order valence-corrected chi connectivity index (χ0v) is 11.0. The quantitative estimate of drug-likeness (QED) is 0.837. The molecule has 0 bridgehead atoms. The molecule has 0 aliphatic rings. The SMILES string of the molecule is Nc1ccc(Br)c(Oc2cc(C(F)(F)F)ccn2)c1. The minimum atomic E-state index is -4.44. The van der Waals surface area contributed by atoms with Gasteiger partial charge in [0.2, 0.25) is 5.88 Å². The van der Waals surface area contributed by atoms with Crippen LogP contribution in [0.25, 0.3) is 0 Å². The lowest BCUT2D eigenvalue weighted by atomic mass is 10.2. The van der Waals surface area contributed by atoms with Crippen molar-refractivity contribution in [3.05, 3.63) is 46.6 Å². The Morgan fingerprint density at radius 3 is 2.58 bits per heavy atom. The lowest BCUT2D eigenvalue weighted by molar-refractivity contribution is -0.137. The van der Waals surface area contributed by atoms with E-state index in [1.54, 1.807) is 12.1 Å². The minimum Gasteiger partial charge on any atom is -0.438 e. The molecule has 1 heterocycles. The van der Waals surface area contributed by atoms with Crippen LogP contribution in [0.2, 0.25) is 0 Å². The van der Waals surface area contributed by atoms with Crippen LogP contribution >= 0.6 is 15.9 Å². The molecule has 0 aliphatic carbocycles. The fraction of sp³-hybridized carbons (Fsp3) is 0.0833. The van der Waals surface area contributed by atoms with E-state index in [-0.39, 0.29) is 5.88 Å². The van der Waals surface area contributed by atoms with Gasteiger partial charge < -0.3 is 10.5 Å². The smallest absolute Gasteiger partial charge is 0.416 e. The highest BCUT2D eigenvalue weighted by atomic mass is 79.9. The van der Waals surface area contributed by atoms with Crippen molar-refractivity contribution in [3.8, 4) is 11.6 Å². The molecule has 2 rings (SSSR count). The summed E-state index contributed by atoms with van der Waals surface area (Å²) < 4.78 is 43.5. The lowest BCUT2D eigenvalue weighted by Gasteiger charge is -2.10. The van der Waals surface area contributed by atoms with Gasteiger partial charge in [0, 0.05) is 24.0 Å². The van der Waals surface area contributed by atoms with E-state index >= 15 is 0 Å². The number of halogens is 4. The van der Waals surface area contributed by atoms with Crippen molar-refractivity contribution in [3.63, 3.8) is 0 Å². The summed E-state index contributed by atoms with van der Waals surface area (Å²) in [6.07, 6.45) is -3.40. The highest BCUT2D eigenvalue weighted by Crippen LogP contribution is 2.34. The van der Waals surface area contributed by atoms with E-state index < -0.39 is 11.7 Å². The zero-order valence-electron chi connectivity index (χ0n) is 9.41. The van der Waals surface area contributed by atoms with E-state index in [2.05, 4.69) is 20.9 Å². The van der Waals surface area contributed by atoms with Crippen LogP contribution in [0.5, 0.6) is 11.6 Å². The monoisotopic (exact) mass is 332 g/mol. The molecule has 0 amide bonds. The van der Waals surface area contributed by atoms with E-state index in [1.807, 2.05) is 0 Å². The summed E-state index contributed by atoms with van der Waals surface area (Å²) in [7, 11) is 0. The zero-order chi connectivity index (χ0) is 14.0. The third-order valence-electron chi connectivity index (χ3n) is 2.23. The van der Waals surface area contributed by atoms with Crippen LogP contribution in [-0.4, -0.2) is 4.98 Å². The van der Waals surface area contributed by atoms with Crippen LogP contribution in [0, 0.1) is 0 Å². The first kappa shape index (κ1) is 13.7. The lowest BCUT2D eigenvalue weighted by Crippen LogP contribution is -2.05. The first-order valence-electron chi connectivity index (χ1n) is 5.12. The molecular formula is C12H8BrF3N2O. The van der Waals surface area contributed by atoms with Gasteiger partial charge in [-0.05, 0) is 34.1 Å². The molecule has 100 valence electrons. The van der Waals surface area contributed by atoms with E-state index in [4.69, 9.17) is 10.5 Å². The van der Waals surface area contributed by atoms with Gasteiger partial charge in [-0.15, -0.1) is 0 Å². The Bertz CT molecular complexity index is 602. The molecule has 0 unspecified atom stereocenters. The molecule has 0 saturated heterocycles. The standard InChI is InChI=1S/C12H8BrF3N2O/c13-9-2-1-8(17)6-10(9)19-11-5-7(3-4-18-11)12(14,15)16/h1-6H,17H2. The summed E-state index contributed by atoms with van der Waals surface area (Å²) in [5, 5.41) is 0. The number of anilines is 1. The van der Waals surface area contributed by atoms with E-state index in [1.165, 1.54) is 6.07 Å². The normalized spacial score (nSPS) is 11.4. The third-order valence-corrected chi connectivity index (χ3v) is 2.89. The maximum Gasteiger partial charge on any atom is 0.416 e. The summed E-state index contributed by atoms with van der Waals surface area (Å²) in [6, 6.07) is 6.47. The van der Waals surface area contributed by atoms with Gasteiger partial charge in [0.1, 0.15) is 5.75 Å². The highest BCUT2D eigenvalue weighted by Gasteiger charge is 2.31. The predicted molar refractivity (Wildman–Crippen MR) is 67.9 cm³/mol. The molecule has 2 N–H and O–H groups in total. The third kappa shape index (κ3) is 3.37. The van der Waals surface area contributed by atoms with E-state index in [0.717, 1.165) is 18.3 Å². The molecule has 3 nitrogen and oxygen atoms in total. The molecule has 0 fully saturated rings. The van der Waals surface area contributed by atoms with Gasteiger partial charge in [-0.25, -0.2) is 4.98 Å². The maximum absolute atomic E-state index is 12.5. The highest BCUT2D eigenvalue weighted by molar-refractivity contribution is 9.10. The van der Waals surface area contributed by atoms with Crippen LogP contribution < -0.4 is 10.5 Å². The van der Waals surface area contributed by atoms with E-state index in [9.17, 15) is 13.2 Å². The fourth-order valence-corrected chi connectivity index (χ4v) is 1.68. The van der Waals surface area contributed by atoms with Crippen molar-refractivity contribution < 1.29 is 17.9 Å². The van der Waals surface area contributed by atoms with Crippen molar-refractivity contribution in [2.24, 2.45) is 0 Å². The molecule has 0 radical (unpaired) electrons. The molecule has 7 heteroatoms. The van der Waals surface area contributed by atoms with Crippen LogP contribution in [0.4, 0.5) is 18.9 Å². The van der Waals surface area contributed by atoms with E-state index in [0.29, 0.717) is 15.9 Å². The number of nitrogens with zero attached hydrogens (tertiary/aromatic N) is 1. The second kappa shape index (κ2) is 5.08. The summed E-state index contributed by atoms with van der Waals surface area (Å²) in [5.41, 5.74) is 5.19. The number of nitrogen functional groups attached to an aromatic ring is 1. The van der Waals surface area contributed by atoms with Gasteiger partial charge >= 0.3 is 6.18 Å². The van der Waals surface area contributed by atoms with Crippen LogP contribution in [0.3, 0.4) is 0 Å². The number of hydrogen-bond donors (Lipinski definition) is 1. The van der Waals surface area contributed by atoms with Crippen molar-refractivity contribution >= 4 is 21.6 Å². The number of benzene rings is 1. The Morgan fingerprint density at radius 1 is 1.16 bits per heavy atom. The van der Waals surface area contributed by atoms with Crippen molar-refractivity contribution in [2.45, 2.75) is 6.18 Å². The molecular weight excluding hydrogens is 325 g/mol. The topological polar surface area (TPSA) is 48.1 Å². The maximum atomic E-state index is 12.5. The second-order valence-corrected chi connectivity index (χ2v) is 4.53. The van der Waals surface area contributed by atoms with Gasteiger partial charge in [-0.1, -0.05) is 0 Å². The van der Waals surface area contributed by atoms with Gasteiger partial charge in [-0.2, -0.15) is 13.2 Å². The fourth-order valence-electron chi connectivity index (χ4n) is 1.35. The second-order valence-electron chi connectivity index (χ2n) is 3.67.